The summed E-state index contributed by atoms with van der Waals surface area (Å²) in [7, 11) is 0. The molecular weight excluding hydrogens is 208 g/mol. The maximum Gasteiger partial charge on any atom is 0.307 e. The number of rotatable bonds is 3. The molecule has 1 rings (SSSR count). The van der Waals surface area contributed by atoms with Crippen LogP contribution in [0.1, 0.15) is 23.4 Å². The number of hydrogen-bond donors (Lipinski definition) is 2. The number of aliphatic carboxylic acids is 1. The Morgan fingerprint density at radius 1 is 1.60 bits per heavy atom. The van der Waals surface area contributed by atoms with Crippen molar-refractivity contribution in [2.45, 2.75) is 19.8 Å². The Balaban J connectivity index is 3.21. The van der Waals surface area contributed by atoms with E-state index in [1.807, 2.05) is 0 Å². The second-order valence-electron chi connectivity index (χ2n) is 3.03. The Kier molecular flexibility index (Phi) is 3.18. The predicted octanol–water partition coefficient (Wildman–Crippen LogP) is 1.66. The van der Waals surface area contributed by atoms with Crippen molar-refractivity contribution in [1.29, 1.82) is 0 Å². The summed E-state index contributed by atoms with van der Waals surface area (Å²) in [6.07, 6.45) is -3.42. The van der Waals surface area contributed by atoms with E-state index in [1.165, 1.54) is 13.0 Å². The number of alkyl halides is 2. The fourth-order valence-electron chi connectivity index (χ4n) is 1.21. The highest BCUT2D eigenvalue weighted by Gasteiger charge is 2.19. The third-order valence-corrected chi connectivity index (χ3v) is 1.78. The number of nitrogens with zero attached hydrogens (tertiary/aromatic N) is 1. The van der Waals surface area contributed by atoms with E-state index in [0.717, 1.165) is 0 Å². The van der Waals surface area contributed by atoms with Gasteiger partial charge in [-0.25, -0.2) is 13.8 Å². The maximum absolute atomic E-state index is 12.4. The molecule has 0 aliphatic rings. The summed E-state index contributed by atoms with van der Waals surface area (Å²) in [6.45, 7) is 1.46. The van der Waals surface area contributed by atoms with Gasteiger partial charge in [-0.3, -0.25) is 4.79 Å². The summed E-state index contributed by atoms with van der Waals surface area (Å²) >= 11 is 0. The van der Waals surface area contributed by atoms with E-state index in [4.69, 9.17) is 5.11 Å². The van der Waals surface area contributed by atoms with Gasteiger partial charge in [0.1, 0.15) is 11.4 Å². The summed E-state index contributed by atoms with van der Waals surface area (Å²) in [5.41, 5.74) is -0.573. The maximum atomic E-state index is 12.4. The molecular formula is C9H9F2NO3. The SMILES string of the molecule is Cc1cc(CC(=O)O)c(O)c(C(F)F)n1. The number of pyridine rings is 1. The molecule has 1 aromatic heterocycles. The average Bonchev–Trinajstić information content (AvgIpc) is 2.09. The highest BCUT2D eigenvalue weighted by molar-refractivity contribution is 5.71. The number of aromatic nitrogens is 1. The summed E-state index contributed by atoms with van der Waals surface area (Å²) in [5, 5.41) is 17.8. The van der Waals surface area contributed by atoms with E-state index in [2.05, 4.69) is 4.98 Å². The van der Waals surface area contributed by atoms with E-state index in [1.54, 1.807) is 0 Å². The third kappa shape index (κ3) is 2.61. The van der Waals surface area contributed by atoms with Crippen LogP contribution in [0.25, 0.3) is 0 Å². The van der Waals surface area contributed by atoms with Crippen LogP contribution in [-0.4, -0.2) is 21.2 Å². The highest BCUT2D eigenvalue weighted by atomic mass is 19.3. The molecule has 0 aliphatic heterocycles. The lowest BCUT2D eigenvalue weighted by molar-refractivity contribution is -0.136. The molecule has 6 heteroatoms. The number of halogens is 2. The smallest absolute Gasteiger partial charge is 0.307 e. The van der Waals surface area contributed by atoms with Crippen LogP contribution in [0.4, 0.5) is 8.78 Å². The first-order valence-electron chi connectivity index (χ1n) is 4.11. The lowest BCUT2D eigenvalue weighted by Gasteiger charge is -2.08. The van der Waals surface area contributed by atoms with E-state index in [0.29, 0.717) is 0 Å². The zero-order chi connectivity index (χ0) is 11.6. The Morgan fingerprint density at radius 3 is 2.67 bits per heavy atom. The lowest BCUT2D eigenvalue weighted by atomic mass is 10.1. The first kappa shape index (κ1) is 11.4. The summed E-state index contributed by atoms with van der Waals surface area (Å²) in [6, 6.07) is 1.27. The fraction of sp³-hybridized carbons (Fsp3) is 0.333. The van der Waals surface area contributed by atoms with Gasteiger partial charge < -0.3 is 10.2 Å². The summed E-state index contributed by atoms with van der Waals surface area (Å²) in [4.78, 5) is 13.8. The number of aromatic hydroxyl groups is 1. The van der Waals surface area contributed by atoms with Crippen molar-refractivity contribution in [3.63, 3.8) is 0 Å². The van der Waals surface area contributed by atoms with E-state index >= 15 is 0 Å². The Morgan fingerprint density at radius 2 is 2.20 bits per heavy atom. The average molecular weight is 217 g/mol. The molecule has 4 nitrogen and oxygen atoms in total. The second-order valence-corrected chi connectivity index (χ2v) is 3.03. The van der Waals surface area contributed by atoms with Crippen molar-refractivity contribution in [3.05, 3.63) is 23.0 Å². The number of carbonyl (C=O) groups is 1. The lowest BCUT2D eigenvalue weighted by Crippen LogP contribution is -2.04. The first-order chi connectivity index (χ1) is 6.91. The molecule has 0 aliphatic carbocycles. The fourth-order valence-corrected chi connectivity index (χ4v) is 1.21. The van der Waals surface area contributed by atoms with Gasteiger partial charge in [0.25, 0.3) is 6.43 Å². The molecule has 0 radical (unpaired) electrons. The standard InChI is InChI=1S/C9H9F2NO3/c1-4-2-5(3-6(13)14)8(15)7(12-4)9(10)11/h2,9,15H,3H2,1H3,(H,13,14). The molecule has 0 amide bonds. The van der Waals surface area contributed by atoms with E-state index in [9.17, 15) is 18.7 Å². The van der Waals surface area contributed by atoms with Gasteiger partial charge in [0.2, 0.25) is 0 Å². The van der Waals surface area contributed by atoms with E-state index in [-0.39, 0.29) is 11.3 Å². The second kappa shape index (κ2) is 4.20. The van der Waals surface area contributed by atoms with Crippen molar-refractivity contribution in [1.82, 2.24) is 4.98 Å². The molecule has 0 aromatic carbocycles. The summed E-state index contributed by atoms with van der Waals surface area (Å²) in [5.74, 6) is -1.94. The normalized spacial score (nSPS) is 10.7. The van der Waals surface area contributed by atoms with Crippen LogP contribution in [-0.2, 0) is 11.2 Å². The quantitative estimate of drug-likeness (QED) is 0.807. The molecule has 0 saturated heterocycles. The van der Waals surface area contributed by atoms with Crippen molar-refractivity contribution < 1.29 is 23.8 Å². The van der Waals surface area contributed by atoms with Crippen LogP contribution in [0.3, 0.4) is 0 Å². The van der Waals surface area contributed by atoms with Gasteiger partial charge in [-0.15, -0.1) is 0 Å². The Bertz CT molecular complexity index is 393. The topological polar surface area (TPSA) is 70.4 Å². The van der Waals surface area contributed by atoms with Crippen LogP contribution in [0.5, 0.6) is 5.75 Å². The van der Waals surface area contributed by atoms with Crippen molar-refractivity contribution in [3.8, 4) is 5.75 Å². The number of aryl methyl sites for hydroxylation is 1. The van der Waals surface area contributed by atoms with Gasteiger partial charge >= 0.3 is 5.97 Å². The van der Waals surface area contributed by atoms with Gasteiger partial charge in [0.15, 0.2) is 0 Å². The zero-order valence-electron chi connectivity index (χ0n) is 7.87. The monoisotopic (exact) mass is 217 g/mol. The molecule has 0 atom stereocenters. The van der Waals surface area contributed by atoms with Crippen LogP contribution in [0.2, 0.25) is 0 Å². The molecule has 0 fully saturated rings. The van der Waals surface area contributed by atoms with Crippen LogP contribution >= 0.6 is 0 Å². The Labute approximate surface area is 84.2 Å². The molecule has 0 spiro atoms. The molecule has 82 valence electrons. The van der Waals surface area contributed by atoms with Crippen molar-refractivity contribution >= 4 is 5.97 Å². The molecule has 0 unspecified atom stereocenters. The summed E-state index contributed by atoms with van der Waals surface area (Å²) < 4.78 is 24.7. The van der Waals surface area contributed by atoms with Crippen molar-refractivity contribution in [2.24, 2.45) is 0 Å². The minimum Gasteiger partial charge on any atom is -0.506 e. The number of carboxylic acid groups (broad SMARTS) is 1. The zero-order valence-corrected chi connectivity index (χ0v) is 7.87. The van der Waals surface area contributed by atoms with Crippen molar-refractivity contribution in [2.75, 3.05) is 0 Å². The number of carboxylic acids is 1. The molecule has 0 saturated carbocycles. The predicted molar refractivity (Wildman–Crippen MR) is 46.9 cm³/mol. The largest absolute Gasteiger partial charge is 0.506 e. The van der Waals surface area contributed by atoms with Gasteiger partial charge in [-0.2, -0.15) is 0 Å². The van der Waals surface area contributed by atoms with Gasteiger partial charge in [-0.05, 0) is 13.0 Å². The highest BCUT2D eigenvalue weighted by Crippen LogP contribution is 2.30. The Hall–Kier alpha value is -1.72. The number of hydrogen-bond acceptors (Lipinski definition) is 3. The first-order valence-corrected chi connectivity index (χ1v) is 4.11. The molecule has 1 aromatic rings. The van der Waals surface area contributed by atoms with Crippen LogP contribution in [0.15, 0.2) is 6.07 Å². The van der Waals surface area contributed by atoms with Crippen LogP contribution < -0.4 is 0 Å². The van der Waals surface area contributed by atoms with Gasteiger partial charge in [-0.1, -0.05) is 0 Å². The minimum absolute atomic E-state index is 0.0506. The van der Waals surface area contributed by atoms with E-state index < -0.39 is 30.3 Å². The molecule has 15 heavy (non-hydrogen) atoms. The third-order valence-electron chi connectivity index (χ3n) is 1.78. The minimum atomic E-state index is -2.92. The molecule has 2 N–H and O–H groups in total. The molecule has 0 bridgehead atoms. The van der Waals surface area contributed by atoms with Gasteiger partial charge in [0, 0.05) is 11.3 Å². The molecule has 1 heterocycles. The van der Waals surface area contributed by atoms with Gasteiger partial charge in [0.05, 0.1) is 6.42 Å². The van der Waals surface area contributed by atoms with Crippen LogP contribution in [0, 0.1) is 6.92 Å².